The van der Waals surface area contributed by atoms with Gasteiger partial charge in [-0.15, -0.1) is 0 Å². The van der Waals surface area contributed by atoms with Gasteiger partial charge in [0.25, 0.3) is 5.91 Å². The molecule has 32 heavy (non-hydrogen) atoms. The van der Waals surface area contributed by atoms with E-state index in [1.54, 1.807) is 0 Å². The highest BCUT2D eigenvalue weighted by molar-refractivity contribution is 5.94. The molecular formula is C25H26N2O5. The highest BCUT2D eigenvalue weighted by Gasteiger charge is 2.28. The molecule has 0 spiro atoms. The fourth-order valence-electron chi connectivity index (χ4n) is 3.74. The van der Waals surface area contributed by atoms with E-state index in [4.69, 9.17) is 9.84 Å². The third-order valence-corrected chi connectivity index (χ3v) is 5.38. The van der Waals surface area contributed by atoms with Crippen LogP contribution in [0.3, 0.4) is 0 Å². The summed E-state index contributed by atoms with van der Waals surface area (Å²) in [5.41, 5.74) is 4.55. The standard InChI is InChI=1S/C25H26N2O5/c1-16(2)22(14-24(29)30)27-23(28)12-7-13-26-25(31)32-15-21-19-10-5-3-8-17(19)18-9-4-6-11-20(18)21/h3-6,8-11,16,21-22H,13-15H2,1-2H3,(H,26,31)(H,27,28)(H,29,30). The average molecular weight is 434 g/mol. The van der Waals surface area contributed by atoms with Gasteiger partial charge >= 0.3 is 12.1 Å². The fourth-order valence-corrected chi connectivity index (χ4v) is 3.74. The first-order chi connectivity index (χ1) is 15.4. The van der Waals surface area contributed by atoms with Crippen molar-refractivity contribution in [1.29, 1.82) is 0 Å². The van der Waals surface area contributed by atoms with Gasteiger partial charge in [0, 0.05) is 12.0 Å². The lowest BCUT2D eigenvalue weighted by atomic mass is 9.98. The SMILES string of the molecule is CC(C)C(CC(=O)O)NC(=O)C#CCNC(=O)OCC1c2ccccc2-c2ccccc21. The first kappa shape index (κ1) is 22.9. The number of carbonyl (C=O) groups excluding carboxylic acids is 2. The second kappa shape index (κ2) is 10.5. The van der Waals surface area contributed by atoms with E-state index in [0.717, 1.165) is 22.3 Å². The van der Waals surface area contributed by atoms with Crippen LogP contribution in [-0.4, -0.2) is 42.3 Å². The van der Waals surface area contributed by atoms with Crippen molar-refractivity contribution in [2.24, 2.45) is 5.92 Å². The summed E-state index contributed by atoms with van der Waals surface area (Å²) >= 11 is 0. The topological polar surface area (TPSA) is 105 Å². The van der Waals surface area contributed by atoms with Crippen LogP contribution in [0.5, 0.6) is 0 Å². The number of amides is 2. The van der Waals surface area contributed by atoms with Crippen LogP contribution in [0, 0.1) is 17.8 Å². The number of rotatable bonds is 7. The zero-order valence-electron chi connectivity index (χ0n) is 18.1. The molecule has 166 valence electrons. The Morgan fingerprint density at radius 2 is 1.62 bits per heavy atom. The highest BCUT2D eigenvalue weighted by Crippen LogP contribution is 2.44. The van der Waals surface area contributed by atoms with Gasteiger partial charge in [0.05, 0.1) is 13.0 Å². The van der Waals surface area contributed by atoms with Crippen molar-refractivity contribution >= 4 is 18.0 Å². The molecule has 0 aromatic heterocycles. The van der Waals surface area contributed by atoms with Gasteiger partial charge in [0.1, 0.15) is 6.61 Å². The summed E-state index contributed by atoms with van der Waals surface area (Å²) in [5, 5.41) is 14.0. The molecule has 2 aromatic carbocycles. The van der Waals surface area contributed by atoms with Crippen LogP contribution in [0.15, 0.2) is 48.5 Å². The second-order valence-corrected chi connectivity index (χ2v) is 7.90. The summed E-state index contributed by atoms with van der Waals surface area (Å²) in [4.78, 5) is 34.9. The van der Waals surface area contributed by atoms with Crippen molar-refractivity contribution in [1.82, 2.24) is 10.6 Å². The van der Waals surface area contributed by atoms with Gasteiger partial charge in [0.2, 0.25) is 0 Å². The third kappa shape index (κ3) is 5.67. The molecule has 0 bridgehead atoms. The van der Waals surface area contributed by atoms with E-state index in [0.29, 0.717) is 0 Å². The number of fused-ring (bicyclic) bond motifs is 3. The number of ether oxygens (including phenoxy) is 1. The Morgan fingerprint density at radius 1 is 1.03 bits per heavy atom. The maximum Gasteiger partial charge on any atom is 0.407 e. The van der Waals surface area contributed by atoms with Crippen LogP contribution in [0.25, 0.3) is 11.1 Å². The first-order valence-electron chi connectivity index (χ1n) is 10.5. The molecule has 0 aliphatic heterocycles. The lowest BCUT2D eigenvalue weighted by Crippen LogP contribution is -2.39. The number of hydrogen-bond donors (Lipinski definition) is 3. The summed E-state index contributed by atoms with van der Waals surface area (Å²) in [7, 11) is 0. The molecule has 3 rings (SSSR count). The molecule has 0 fully saturated rings. The van der Waals surface area contributed by atoms with Gasteiger partial charge in [-0.1, -0.05) is 68.3 Å². The number of hydrogen-bond acceptors (Lipinski definition) is 4. The summed E-state index contributed by atoms with van der Waals surface area (Å²) in [6.45, 7) is 3.77. The lowest BCUT2D eigenvalue weighted by molar-refractivity contribution is -0.138. The molecule has 0 heterocycles. The van der Waals surface area contributed by atoms with Crippen LogP contribution in [0.4, 0.5) is 4.79 Å². The summed E-state index contributed by atoms with van der Waals surface area (Å²) < 4.78 is 5.40. The predicted octanol–water partition coefficient (Wildman–Crippen LogP) is 3.14. The van der Waals surface area contributed by atoms with Crippen LogP contribution in [0.2, 0.25) is 0 Å². The van der Waals surface area contributed by atoms with Crippen LogP contribution < -0.4 is 10.6 Å². The Balaban J connectivity index is 1.49. The number of nitrogens with one attached hydrogen (secondary N) is 2. The molecule has 1 unspecified atom stereocenters. The molecule has 0 radical (unpaired) electrons. The van der Waals surface area contributed by atoms with Crippen molar-refractivity contribution in [3.63, 3.8) is 0 Å². The maximum absolute atomic E-state index is 12.1. The van der Waals surface area contributed by atoms with E-state index >= 15 is 0 Å². The molecule has 7 heteroatoms. The van der Waals surface area contributed by atoms with Crippen LogP contribution in [0.1, 0.15) is 37.3 Å². The molecular weight excluding hydrogens is 408 g/mol. The molecule has 3 N–H and O–H groups in total. The Kier molecular flexibility index (Phi) is 7.50. The van der Waals surface area contributed by atoms with E-state index in [-0.39, 0.29) is 31.4 Å². The van der Waals surface area contributed by atoms with E-state index < -0.39 is 24.0 Å². The third-order valence-electron chi connectivity index (χ3n) is 5.38. The predicted molar refractivity (Wildman–Crippen MR) is 120 cm³/mol. The molecule has 1 atom stereocenters. The van der Waals surface area contributed by atoms with Crippen molar-refractivity contribution in [3.8, 4) is 23.0 Å². The van der Waals surface area contributed by atoms with Gasteiger partial charge in [-0.05, 0) is 34.1 Å². The molecule has 2 amide bonds. The number of carboxylic acid groups (broad SMARTS) is 1. The smallest absolute Gasteiger partial charge is 0.407 e. The minimum atomic E-state index is -0.992. The molecule has 1 aliphatic carbocycles. The quantitative estimate of drug-likeness (QED) is 0.581. The van der Waals surface area contributed by atoms with Crippen LogP contribution >= 0.6 is 0 Å². The number of aliphatic carboxylic acids is 1. The van der Waals surface area contributed by atoms with Crippen molar-refractivity contribution < 1.29 is 24.2 Å². The van der Waals surface area contributed by atoms with E-state index in [1.165, 1.54) is 0 Å². The molecule has 0 saturated carbocycles. The average Bonchev–Trinajstić information content (AvgIpc) is 3.08. The first-order valence-corrected chi connectivity index (χ1v) is 10.5. The molecule has 7 nitrogen and oxygen atoms in total. The Hall–Kier alpha value is -3.79. The van der Waals surface area contributed by atoms with Gasteiger partial charge in [0.15, 0.2) is 0 Å². The summed E-state index contributed by atoms with van der Waals surface area (Å²) in [6.07, 6.45) is -0.796. The largest absolute Gasteiger partial charge is 0.481 e. The Morgan fingerprint density at radius 3 is 2.19 bits per heavy atom. The highest BCUT2D eigenvalue weighted by atomic mass is 16.5. The summed E-state index contributed by atoms with van der Waals surface area (Å²) in [5.74, 6) is 3.25. The number of carboxylic acids is 1. The minimum Gasteiger partial charge on any atom is -0.481 e. The summed E-state index contributed by atoms with van der Waals surface area (Å²) in [6, 6.07) is 15.6. The second-order valence-electron chi connectivity index (χ2n) is 7.90. The van der Waals surface area contributed by atoms with E-state index in [2.05, 4.69) is 34.6 Å². The number of carbonyl (C=O) groups is 3. The zero-order valence-corrected chi connectivity index (χ0v) is 18.1. The van der Waals surface area contributed by atoms with Crippen molar-refractivity contribution in [2.45, 2.75) is 32.2 Å². The zero-order chi connectivity index (χ0) is 23.1. The number of alkyl carbamates (subject to hydrolysis) is 1. The molecule has 1 aliphatic rings. The number of benzene rings is 2. The van der Waals surface area contributed by atoms with Crippen molar-refractivity contribution in [2.75, 3.05) is 13.2 Å². The van der Waals surface area contributed by atoms with Crippen molar-refractivity contribution in [3.05, 3.63) is 59.7 Å². The maximum atomic E-state index is 12.1. The van der Waals surface area contributed by atoms with Gasteiger partial charge in [-0.2, -0.15) is 0 Å². The van der Waals surface area contributed by atoms with Crippen LogP contribution in [-0.2, 0) is 14.3 Å². The fraction of sp³-hybridized carbons (Fsp3) is 0.320. The Bertz CT molecular complexity index is 1020. The van der Waals surface area contributed by atoms with Gasteiger partial charge in [-0.3, -0.25) is 9.59 Å². The lowest BCUT2D eigenvalue weighted by Gasteiger charge is -2.18. The molecule has 0 saturated heterocycles. The molecule has 2 aromatic rings. The van der Waals surface area contributed by atoms with Gasteiger partial charge < -0.3 is 20.5 Å². The minimum absolute atomic E-state index is 0.0350. The van der Waals surface area contributed by atoms with E-state index in [1.807, 2.05) is 50.2 Å². The Labute approximate surface area is 187 Å². The monoisotopic (exact) mass is 434 g/mol. The van der Waals surface area contributed by atoms with Gasteiger partial charge in [-0.25, -0.2) is 4.79 Å². The van der Waals surface area contributed by atoms with E-state index in [9.17, 15) is 14.4 Å². The normalized spacial score (nSPS) is 12.7.